The van der Waals surface area contributed by atoms with Crippen LogP contribution in [0.4, 0.5) is 0 Å². The van der Waals surface area contributed by atoms with Gasteiger partial charge < -0.3 is 4.42 Å². The molecule has 1 heterocycles. The Bertz CT molecular complexity index is 943. The number of hydrogen-bond acceptors (Lipinski definition) is 1. The molecule has 1 heteroatoms. The van der Waals surface area contributed by atoms with E-state index in [1.54, 1.807) is 0 Å². The van der Waals surface area contributed by atoms with E-state index < -0.39 is 0 Å². The van der Waals surface area contributed by atoms with E-state index in [-0.39, 0.29) is 0 Å². The van der Waals surface area contributed by atoms with Crippen LogP contribution in [0.3, 0.4) is 0 Å². The van der Waals surface area contributed by atoms with Crippen LogP contribution in [-0.4, -0.2) is 0 Å². The van der Waals surface area contributed by atoms with Crippen LogP contribution >= 0.6 is 0 Å². The van der Waals surface area contributed by atoms with Crippen molar-refractivity contribution in [2.75, 3.05) is 0 Å². The Labute approximate surface area is 123 Å². The third-order valence-corrected chi connectivity index (χ3v) is 4.01. The summed E-state index contributed by atoms with van der Waals surface area (Å²) in [5.74, 6) is 0. The fourth-order valence-corrected chi connectivity index (χ4v) is 2.82. The van der Waals surface area contributed by atoms with Gasteiger partial charge in [0.15, 0.2) is 0 Å². The molecule has 3 aromatic carbocycles. The van der Waals surface area contributed by atoms with Gasteiger partial charge in [-0.3, -0.25) is 0 Å². The standard InChI is InChI=1S/C20H16O/c1-13-3-6-15(7-4-13)16-8-9-17-18-11-14(2)5-10-19(18)21-20(17)12-16/h3-12H,1-2H3. The van der Waals surface area contributed by atoms with Gasteiger partial charge in [-0.2, -0.15) is 0 Å². The molecule has 4 rings (SSSR count). The lowest BCUT2D eigenvalue weighted by Crippen LogP contribution is -1.78. The minimum absolute atomic E-state index is 0.952. The number of hydrogen-bond donors (Lipinski definition) is 0. The molecule has 0 N–H and O–H groups in total. The van der Waals surface area contributed by atoms with Crippen LogP contribution in [0.2, 0.25) is 0 Å². The third-order valence-electron chi connectivity index (χ3n) is 4.01. The minimum atomic E-state index is 0.952. The lowest BCUT2D eigenvalue weighted by atomic mass is 10.0. The molecule has 0 bridgehead atoms. The zero-order chi connectivity index (χ0) is 14.4. The highest BCUT2D eigenvalue weighted by atomic mass is 16.3. The van der Waals surface area contributed by atoms with Gasteiger partial charge >= 0.3 is 0 Å². The molecule has 102 valence electrons. The predicted molar refractivity (Wildman–Crippen MR) is 88.6 cm³/mol. The fourth-order valence-electron chi connectivity index (χ4n) is 2.82. The van der Waals surface area contributed by atoms with Crippen LogP contribution < -0.4 is 0 Å². The molecule has 0 amide bonds. The summed E-state index contributed by atoms with van der Waals surface area (Å²) in [7, 11) is 0. The molecule has 0 spiro atoms. The second kappa shape index (κ2) is 4.49. The van der Waals surface area contributed by atoms with Crippen LogP contribution in [0.5, 0.6) is 0 Å². The molecule has 0 saturated heterocycles. The first-order valence-corrected chi connectivity index (χ1v) is 7.21. The van der Waals surface area contributed by atoms with E-state index in [4.69, 9.17) is 4.42 Å². The van der Waals surface area contributed by atoms with E-state index in [1.165, 1.54) is 33.0 Å². The highest BCUT2D eigenvalue weighted by Crippen LogP contribution is 2.32. The Morgan fingerprint density at radius 1 is 0.571 bits per heavy atom. The quantitative estimate of drug-likeness (QED) is 0.422. The molecule has 1 aromatic heterocycles. The third kappa shape index (κ3) is 2.02. The zero-order valence-corrected chi connectivity index (χ0v) is 12.2. The molecule has 1 nitrogen and oxygen atoms in total. The monoisotopic (exact) mass is 272 g/mol. The maximum absolute atomic E-state index is 5.99. The van der Waals surface area contributed by atoms with Gasteiger partial charge in [0.25, 0.3) is 0 Å². The van der Waals surface area contributed by atoms with E-state index >= 15 is 0 Å². The van der Waals surface area contributed by atoms with E-state index in [0.29, 0.717) is 0 Å². The van der Waals surface area contributed by atoms with Crippen LogP contribution in [-0.2, 0) is 0 Å². The van der Waals surface area contributed by atoms with Gasteiger partial charge in [0.05, 0.1) is 0 Å². The molecule has 0 aliphatic heterocycles. The summed E-state index contributed by atoms with van der Waals surface area (Å²) in [6, 6.07) is 21.4. The molecule has 0 radical (unpaired) electrons. The van der Waals surface area contributed by atoms with Crippen LogP contribution in [0.1, 0.15) is 11.1 Å². The summed E-state index contributed by atoms with van der Waals surface area (Å²) in [5, 5.41) is 2.38. The largest absolute Gasteiger partial charge is 0.456 e. The summed E-state index contributed by atoms with van der Waals surface area (Å²) in [6.45, 7) is 4.22. The number of benzene rings is 3. The van der Waals surface area contributed by atoms with Gasteiger partial charge in [-0.25, -0.2) is 0 Å². The van der Waals surface area contributed by atoms with Crippen LogP contribution in [0.15, 0.2) is 65.1 Å². The summed E-state index contributed by atoms with van der Waals surface area (Å²) in [5.41, 5.74) is 6.86. The van der Waals surface area contributed by atoms with Crippen molar-refractivity contribution in [3.63, 3.8) is 0 Å². The van der Waals surface area contributed by atoms with Crippen molar-refractivity contribution < 1.29 is 4.42 Å². The summed E-state index contributed by atoms with van der Waals surface area (Å²) < 4.78 is 5.99. The second-order valence-electron chi connectivity index (χ2n) is 5.68. The number of fused-ring (bicyclic) bond motifs is 3. The molecule has 0 aliphatic carbocycles. The lowest BCUT2D eigenvalue weighted by Gasteiger charge is -2.02. The van der Waals surface area contributed by atoms with Gasteiger partial charge in [0.2, 0.25) is 0 Å². The van der Waals surface area contributed by atoms with Gasteiger partial charge in [-0.1, -0.05) is 47.5 Å². The fraction of sp³-hybridized carbons (Fsp3) is 0.100. The number of rotatable bonds is 1. The van der Waals surface area contributed by atoms with Crippen molar-refractivity contribution >= 4 is 21.9 Å². The average molecular weight is 272 g/mol. The van der Waals surface area contributed by atoms with Crippen molar-refractivity contribution in [3.05, 3.63) is 71.8 Å². The van der Waals surface area contributed by atoms with E-state index in [2.05, 4.69) is 74.5 Å². The Morgan fingerprint density at radius 3 is 2.10 bits per heavy atom. The maximum Gasteiger partial charge on any atom is 0.136 e. The molecule has 21 heavy (non-hydrogen) atoms. The van der Waals surface area contributed by atoms with Crippen molar-refractivity contribution in [2.45, 2.75) is 13.8 Å². The van der Waals surface area contributed by atoms with Crippen molar-refractivity contribution in [2.24, 2.45) is 0 Å². The zero-order valence-electron chi connectivity index (χ0n) is 12.2. The molecule has 0 atom stereocenters. The van der Waals surface area contributed by atoms with E-state index in [9.17, 15) is 0 Å². The van der Waals surface area contributed by atoms with Crippen molar-refractivity contribution in [1.82, 2.24) is 0 Å². The van der Waals surface area contributed by atoms with E-state index in [0.717, 1.165) is 11.2 Å². The predicted octanol–water partition coefficient (Wildman–Crippen LogP) is 5.87. The topological polar surface area (TPSA) is 13.1 Å². The first kappa shape index (κ1) is 12.2. The highest BCUT2D eigenvalue weighted by Gasteiger charge is 2.08. The van der Waals surface area contributed by atoms with Crippen LogP contribution in [0, 0.1) is 13.8 Å². The summed E-state index contributed by atoms with van der Waals surface area (Å²) >= 11 is 0. The SMILES string of the molecule is Cc1ccc(-c2ccc3c(c2)oc2ccc(C)cc23)cc1. The maximum atomic E-state index is 5.99. The van der Waals surface area contributed by atoms with E-state index in [1.807, 2.05) is 0 Å². The molecule has 0 unspecified atom stereocenters. The van der Waals surface area contributed by atoms with Gasteiger partial charge in [0.1, 0.15) is 11.2 Å². The Hall–Kier alpha value is -2.54. The van der Waals surface area contributed by atoms with Gasteiger partial charge in [-0.05, 0) is 49.2 Å². The molecular formula is C20H16O. The first-order valence-electron chi connectivity index (χ1n) is 7.21. The molecular weight excluding hydrogens is 256 g/mol. The second-order valence-corrected chi connectivity index (χ2v) is 5.68. The first-order chi connectivity index (χ1) is 10.2. The molecule has 0 aliphatic rings. The van der Waals surface area contributed by atoms with Crippen LogP contribution in [0.25, 0.3) is 33.1 Å². The van der Waals surface area contributed by atoms with Crippen molar-refractivity contribution in [1.29, 1.82) is 0 Å². The van der Waals surface area contributed by atoms with Gasteiger partial charge in [0, 0.05) is 10.8 Å². The minimum Gasteiger partial charge on any atom is -0.456 e. The summed E-state index contributed by atoms with van der Waals surface area (Å²) in [4.78, 5) is 0. The molecule has 0 saturated carbocycles. The summed E-state index contributed by atoms with van der Waals surface area (Å²) in [6.07, 6.45) is 0. The number of furan rings is 1. The normalized spacial score (nSPS) is 11.3. The highest BCUT2D eigenvalue weighted by molar-refractivity contribution is 6.06. The Morgan fingerprint density at radius 2 is 1.29 bits per heavy atom. The molecule has 0 fully saturated rings. The Kier molecular flexibility index (Phi) is 2.61. The van der Waals surface area contributed by atoms with Gasteiger partial charge in [-0.15, -0.1) is 0 Å². The average Bonchev–Trinajstić information content (AvgIpc) is 2.85. The smallest absolute Gasteiger partial charge is 0.136 e. The number of aryl methyl sites for hydroxylation is 2. The lowest BCUT2D eigenvalue weighted by molar-refractivity contribution is 0.669. The molecule has 4 aromatic rings. The van der Waals surface area contributed by atoms with Crippen molar-refractivity contribution in [3.8, 4) is 11.1 Å². The Balaban J connectivity index is 1.94.